The van der Waals surface area contributed by atoms with Crippen LogP contribution in [-0.4, -0.2) is 44.0 Å². The van der Waals surface area contributed by atoms with Gasteiger partial charge in [0, 0.05) is 30.2 Å². The number of benzene rings is 1. The first-order valence-corrected chi connectivity index (χ1v) is 9.79. The van der Waals surface area contributed by atoms with E-state index in [1.54, 1.807) is 12.4 Å². The van der Waals surface area contributed by atoms with E-state index in [0.717, 1.165) is 17.7 Å². The number of nitrogens with zero attached hydrogens (tertiary/aromatic N) is 4. The lowest BCUT2D eigenvalue weighted by atomic mass is 10.2. The number of rotatable bonds is 7. The number of pyridine rings is 1. The number of thioether (sulfide) groups is 1. The van der Waals surface area contributed by atoms with Crippen LogP contribution in [0.3, 0.4) is 0 Å². The largest absolute Gasteiger partial charge is 0.338 e. The quantitative estimate of drug-likeness (QED) is 0.596. The smallest absolute Gasteiger partial charge is 0.321 e. The van der Waals surface area contributed by atoms with E-state index in [0.29, 0.717) is 17.5 Å². The van der Waals surface area contributed by atoms with Gasteiger partial charge < -0.3 is 5.32 Å². The predicted molar refractivity (Wildman–Crippen MR) is 107 cm³/mol. The van der Waals surface area contributed by atoms with Crippen molar-refractivity contribution >= 4 is 23.7 Å². The molecule has 0 unspecified atom stereocenters. The third-order valence-corrected chi connectivity index (χ3v) is 4.64. The van der Waals surface area contributed by atoms with Crippen molar-refractivity contribution in [2.24, 2.45) is 0 Å². The second kappa shape index (κ2) is 9.65. The normalized spacial score (nSPS) is 10.5. The van der Waals surface area contributed by atoms with Gasteiger partial charge >= 0.3 is 6.03 Å². The fraction of sp³-hybridized carbons (Fsp3) is 0.211. The Labute approximate surface area is 166 Å². The van der Waals surface area contributed by atoms with Gasteiger partial charge in [-0.1, -0.05) is 36.9 Å². The molecule has 0 aliphatic heterocycles. The zero-order valence-electron chi connectivity index (χ0n) is 15.3. The molecule has 8 nitrogen and oxygen atoms in total. The zero-order valence-corrected chi connectivity index (χ0v) is 16.1. The van der Waals surface area contributed by atoms with E-state index in [1.165, 1.54) is 11.8 Å². The number of amides is 3. The Morgan fingerprint density at radius 1 is 1.07 bits per heavy atom. The lowest BCUT2D eigenvalue weighted by Crippen LogP contribution is -2.40. The Bertz CT molecular complexity index is 930. The van der Waals surface area contributed by atoms with Crippen molar-refractivity contribution in [3.05, 3.63) is 54.9 Å². The van der Waals surface area contributed by atoms with E-state index in [9.17, 15) is 9.59 Å². The second-order valence-electron chi connectivity index (χ2n) is 5.81. The molecule has 0 aliphatic rings. The van der Waals surface area contributed by atoms with Gasteiger partial charge in [0.25, 0.3) is 0 Å². The molecule has 0 fully saturated rings. The van der Waals surface area contributed by atoms with E-state index in [4.69, 9.17) is 0 Å². The molecule has 2 aromatic heterocycles. The second-order valence-corrected chi connectivity index (χ2v) is 6.75. The van der Waals surface area contributed by atoms with Crippen molar-refractivity contribution in [2.75, 3.05) is 12.3 Å². The monoisotopic (exact) mass is 396 g/mol. The molecule has 0 saturated heterocycles. The Kier molecular flexibility index (Phi) is 6.74. The number of urea groups is 1. The van der Waals surface area contributed by atoms with Gasteiger partial charge in [0.15, 0.2) is 11.0 Å². The fourth-order valence-corrected chi connectivity index (χ4v) is 3.19. The maximum Gasteiger partial charge on any atom is 0.321 e. The van der Waals surface area contributed by atoms with Crippen LogP contribution in [0.2, 0.25) is 0 Å². The van der Waals surface area contributed by atoms with E-state index >= 15 is 0 Å². The third-order valence-electron chi connectivity index (χ3n) is 3.71. The van der Waals surface area contributed by atoms with Gasteiger partial charge in [0.05, 0.1) is 5.75 Å². The van der Waals surface area contributed by atoms with Crippen LogP contribution >= 0.6 is 11.8 Å². The fourth-order valence-electron chi connectivity index (χ4n) is 2.44. The maximum atomic E-state index is 12.1. The number of aromatic nitrogens is 4. The summed E-state index contributed by atoms with van der Waals surface area (Å²) in [7, 11) is 0. The van der Waals surface area contributed by atoms with Crippen molar-refractivity contribution < 1.29 is 9.59 Å². The standard InChI is InChI=1S/C19H20N6O2S/c1-2-10-21-18(27)22-16(26)13-28-19-24-23-17(14-8-11-20-12-9-14)25(19)15-6-4-3-5-7-15/h3-9,11-12H,2,10,13H2,1H3,(H2,21,22,26,27). The van der Waals surface area contributed by atoms with Crippen LogP contribution in [0.15, 0.2) is 60.0 Å². The van der Waals surface area contributed by atoms with Crippen molar-refractivity contribution in [1.82, 2.24) is 30.4 Å². The molecule has 3 rings (SSSR count). The van der Waals surface area contributed by atoms with Crippen LogP contribution in [0.5, 0.6) is 0 Å². The van der Waals surface area contributed by atoms with Gasteiger partial charge in [0.1, 0.15) is 0 Å². The molecule has 0 saturated carbocycles. The molecule has 0 bridgehead atoms. The van der Waals surface area contributed by atoms with Gasteiger partial charge in [-0.05, 0) is 30.7 Å². The van der Waals surface area contributed by atoms with Crippen LogP contribution in [0.25, 0.3) is 17.1 Å². The number of imide groups is 1. The Morgan fingerprint density at radius 3 is 2.54 bits per heavy atom. The number of hydrogen-bond donors (Lipinski definition) is 2. The molecule has 0 spiro atoms. The summed E-state index contributed by atoms with van der Waals surface area (Å²) < 4.78 is 1.88. The molecule has 144 valence electrons. The lowest BCUT2D eigenvalue weighted by Gasteiger charge is -2.10. The number of hydrogen-bond acceptors (Lipinski definition) is 6. The summed E-state index contributed by atoms with van der Waals surface area (Å²) in [6.07, 6.45) is 4.18. The number of para-hydroxylation sites is 1. The van der Waals surface area contributed by atoms with Crippen molar-refractivity contribution in [3.63, 3.8) is 0 Å². The molecule has 9 heteroatoms. The summed E-state index contributed by atoms with van der Waals surface area (Å²) >= 11 is 1.21. The van der Waals surface area contributed by atoms with Gasteiger partial charge in [-0.3, -0.25) is 19.7 Å². The molecule has 0 atom stereocenters. The van der Waals surface area contributed by atoms with Crippen LogP contribution in [0.1, 0.15) is 13.3 Å². The average molecular weight is 396 g/mol. The molecular formula is C19H20N6O2S. The molecule has 0 aliphatic carbocycles. The minimum atomic E-state index is -0.491. The molecule has 2 heterocycles. The van der Waals surface area contributed by atoms with Crippen molar-refractivity contribution in [3.8, 4) is 17.1 Å². The molecule has 1 aromatic carbocycles. The van der Waals surface area contributed by atoms with Gasteiger partial charge in [0.2, 0.25) is 5.91 Å². The first kappa shape index (κ1) is 19.6. The average Bonchev–Trinajstić information content (AvgIpc) is 3.16. The first-order valence-electron chi connectivity index (χ1n) is 8.80. The van der Waals surface area contributed by atoms with E-state index in [2.05, 4.69) is 25.8 Å². The molecule has 28 heavy (non-hydrogen) atoms. The van der Waals surface area contributed by atoms with Gasteiger partial charge in [-0.25, -0.2) is 4.79 Å². The number of carbonyl (C=O) groups excluding carboxylic acids is 2. The molecular weight excluding hydrogens is 376 g/mol. The van der Waals surface area contributed by atoms with Gasteiger partial charge in [-0.2, -0.15) is 0 Å². The topological polar surface area (TPSA) is 102 Å². The van der Waals surface area contributed by atoms with Crippen LogP contribution in [-0.2, 0) is 4.79 Å². The van der Waals surface area contributed by atoms with Crippen molar-refractivity contribution in [1.29, 1.82) is 0 Å². The van der Waals surface area contributed by atoms with E-state index in [-0.39, 0.29) is 5.75 Å². The van der Waals surface area contributed by atoms with E-state index < -0.39 is 11.9 Å². The Morgan fingerprint density at radius 2 is 1.82 bits per heavy atom. The summed E-state index contributed by atoms with van der Waals surface area (Å²) in [5, 5.41) is 14.0. The highest BCUT2D eigenvalue weighted by Gasteiger charge is 2.17. The van der Waals surface area contributed by atoms with Gasteiger partial charge in [-0.15, -0.1) is 10.2 Å². The molecule has 2 N–H and O–H groups in total. The van der Waals surface area contributed by atoms with Crippen LogP contribution in [0, 0.1) is 0 Å². The molecule has 3 aromatic rings. The molecule has 0 radical (unpaired) electrons. The Hall–Kier alpha value is -3.20. The summed E-state index contributed by atoms with van der Waals surface area (Å²) in [5.41, 5.74) is 1.74. The first-order chi connectivity index (χ1) is 13.7. The minimum Gasteiger partial charge on any atom is -0.338 e. The highest BCUT2D eigenvalue weighted by molar-refractivity contribution is 7.99. The minimum absolute atomic E-state index is 0.0425. The summed E-state index contributed by atoms with van der Waals surface area (Å²) in [5.74, 6) is 0.296. The predicted octanol–water partition coefficient (Wildman–Crippen LogP) is 2.66. The van der Waals surface area contributed by atoms with E-state index in [1.807, 2.05) is 54.0 Å². The summed E-state index contributed by atoms with van der Waals surface area (Å²) in [6.45, 7) is 2.46. The van der Waals surface area contributed by atoms with Crippen LogP contribution in [0.4, 0.5) is 4.79 Å². The summed E-state index contributed by atoms with van der Waals surface area (Å²) in [4.78, 5) is 27.7. The Balaban J connectivity index is 1.79. The maximum absolute atomic E-state index is 12.1. The van der Waals surface area contributed by atoms with Crippen molar-refractivity contribution in [2.45, 2.75) is 18.5 Å². The highest BCUT2D eigenvalue weighted by atomic mass is 32.2. The SMILES string of the molecule is CCCNC(=O)NC(=O)CSc1nnc(-c2ccncc2)n1-c1ccccc1. The number of carbonyl (C=O) groups is 2. The third kappa shape index (κ3) is 4.95. The highest BCUT2D eigenvalue weighted by Crippen LogP contribution is 2.27. The summed E-state index contributed by atoms with van der Waals surface area (Å²) in [6, 6.07) is 12.9. The zero-order chi connectivity index (χ0) is 19.8. The lowest BCUT2D eigenvalue weighted by molar-refractivity contribution is -0.117. The molecule has 3 amide bonds. The van der Waals surface area contributed by atoms with Crippen LogP contribution < -0.4 is 10.6 Å². The number of nitrogens with one attached hydrogen (secondary N) is 2.